The van der Waals surface area contributed by atoms with Gasteiger partial charge in [-0.1, -0.05) is 6.07 Å². The second-order valence-corrected chi connectivity index (χ2v) is 3.45. The van der Waals surface area contributed by atoms with Crippen LogP contribution < -0.4 is 5.84 Å². The summed E-state index contributed by atoms with van der Waals surface area (Å²) >= 11 is 0. The fourth-order valence-electron chi connectivity index (χ4n) is 1.94. The van der Waals surface area contributed by atoms with E-state index in [2.05, 4.69) is 21.1 Å². The Bertz CT molecular complexity index is 309. The first-order valence-corrected chi connectivity index (χ1v) is 4.81. The maximum absolute atomic E-state index is 5.16. The van der Waals surface area contributed by atoms with Crippen LogP contribution in [0.3, 0.4) is 0 Å². The number of nitrogens with two attached hydrogens (primary N) is 1. The topological polar surface area (TPSA) is 54.5 Å². The normalized spacial score (nSPS) is 22.0. The Morgan fingerprint density at radius 1 is 1.64 bits per heavy atom. The van der Waals surface area contributed by atoms with E-state index in [1.807, 2.05) is 12.3 Å². The Labute approximate surface area is 83.4 Å². The van der Waals surface area contributed by atoms with Gasteiger partial charge in [0.05, 0.1) is 6.04 Å². The van der Waals surface area contributed by atoms with Crippen molar-refractivity contribution in [1.82, 2.24) is 9.88 Å². The van der Waals surface area contributed by atoms with Crippen LogP contribution in [0.25, 0.3) is 0 Å². The van der Waals surface area contributed by atoms with Crippen molar-refractivity contribution in [3.63, 3.8) is 0 Å². The molecule has 1 aromatic heterocycles. The highest BCUT2D eigenvalue weighted by Gasteiger charge is 2.23. The molecule has 2 heterocycles. The van der Waals surface area contributed by atoms with Gasteiger partial charge in [-0.25, -0.2) is 0 Å². The van der Waals surface area contributed by atoms with Crippen molar-refractivity contribution in [2.24, 2.45) is 10.9 Å². The van der Waals surface area contributed by atoms with Crippen LogP contribution >= 0.6 is 0 Å². The number of nitrogens with zero attached hydrogens (tertiary/aromatic N) is 3. The first kappa shape index (κ1) is 8.99. The van der Waals surface area contributed by atoms with E-state index in [-0.39, 0.29) is 0 Å². The maximum atomic E-state index is 5.16. The van der Waals surface area contributed by atoms with Crippen LogP contribution in [0, 0.1) is 0 Å². The van der Waals surface area contributed by atoms with E-state index in [0.717, 1.165) is 13.0 Å². The molecule has 0 saturated carbocycles. The molecular weight excluding hydrogens is 176 g/mol. The molecule has 14 heavy (non-hydrogen) atoms. The molecule has 1 saturated heterocycles. The molecule has 0 amide bonds. The van der Waals surface area contributed by atoms with Gasteiger partial charge in [-0.2, -0.15) is 5.10 Å². The first-order valence-electron chi connectivity index (χ1n) is 4.81. The summed E-state index contributed by atoms with van der Waals surface area (Å²) in [5.74, 6) is 5.16. The van der Waals surface area contributed by atoms with Crippen molar-refractivity contribution in [2.75, 3.05) is 6.54 Å². The second kappa shape index (κ2) is 4.09. The molecule has 4 nitrogen and oxygen atoms in total. The molecule has 0 aromatic carbocycles. The average molecular weight is 190 g/mol. The van der Waals surface area contributed by atoms with Gasteiger partial charge in [-0.15, -0.1) is 0 Å². The van der Waals surface area contributed by atoms with Crippen LogP contribution in [-0.2, 0) is 0 Å². The van der Waals surface area contributed by atoms with Crippen molar-refractivity contribution in [3.05, 3.63) is 30.1 Å². The van der Waals surface area contributed by atoms with Crippen LogP contribution in [-0.4, -0.2) is 22.8 Å². The Balaban J connectivity index is 2.18. The largest absolute Gasteiger partial charge is 0.354 e. The van der Waals surface area contributed by atoms with Crippen molar-refractivity contribution in [3.8, 4) is 0 Å². The van der Waals surface area contributed by atoms with Crippen molar-refractivity contribution < 1.29 is 0 Å². The summed E-state index contributed by atoms with van der Waals surface area (Å²) in [5.41, 5.74) is 1.24. The van der Waals surface area contributed by atoms with Gasteiger partial charge < -0.3 is 10.7 Å². The fourth-order valence-corrected chi connectivity index (χ4v) is 1.94. The first-order chi connectivity index (χ1) is 6.92. The minimum Gasteiger partial charge on any atom is -0.354 e. The molecule has 1 fully saturated rings. The summed E-state index contributed by atoms with van der Waals surface area (Å²) in [4.78, 5) is 6.29. The lowest BCUT2D eigenvalue weighted by Gasteiger charge is -2.21. The summed E-state index contributed by atoms with van der Waals surface area (Å²) in [6.45, 7) is 1.03. The van der Waals surface area contributed by atoms with Gasteiger partial charge in [0.25, 0.3) is 0 Å². The van der Waals surface area contributed by atoms with E-state index in [1.165, 1.54) is 12.0 Å². The average Bonchev–Trinajstić information content (AvgIpc) is 2.68. The van der Waals surface area contributed by atoms with E-state index in [4.69, 9.17) is 5.84 Å². The molecule has 74 valence electrons. The third-order valence-electron chi connectivity index (χ3n) is 2.58. The number of hydrogen-bond acceptors (Lipinski definition) is 3. The lowest BCUT2D eigenvalue weighted by molar-refractivity contribution is 0.410. The van der Waals surface area contributed by atoms with Gasteiger partial charge in [-0.05, 0) is 24.5 Å². The van der Waals surface area contributed by atoms with E-state index in [0.29, 0.717) is 6.04 Å². The standard InChI is InChI=1S/C10H14N4/c11-13-8-14-6-2-4-10(14)9-3-1-5-12-7-9/h1,3,5,7-8,10H,2,4,6,11H2. The predicted molar refractivity (Wildman–Crippen MR) is 55.6 cm³/mol. The third kappa shape index (κ3) is 1.69. The molecule has 1 aliphatic rings. The summed E-state index contributed by atoms with van der Waals surface area (Å²) < 4.78 is 0. The van der Waals surface area contributed by atoms with E-state index < -0.39 is 0 Å². The lowest BCUT2D eigenvalue weighted by Crippen LogP contribution is -2.22. The highest BCUT2D eigenvalue weighted by Crippen LogP contribution is 2.29. The smallest absolute Gasteiger partial charge is 0.111 e. The number of rotatable bonds is 2. The quantitative estimate of drug-likeness (QED) is 0.329. The van der Waals surface area contributed by atoms with Gasteiger partial charge in [0, 0.05) is 18.9 Å². The zero-order chi connectivity index (χ0) is 9.80. The molecule has 1 aliphatic heterocycles. The number of pyridine rings is 1. The lowest BCUT2D eigenvalue weighted by atomic mass is 10.1. The summed E-state index contributed by atoms with van der Waals surface area (Å²) in [7, 11) is 0. The molecular formula is C10H14N4. The molecule has 0 aliphatic carbocycles. The van der Waals surface area contributed by atoms with Gasteiger partial charge >= 0.3 is 0 Å². The van der Waals surface area contributed by atoms with Gasteiger partial charge in [0.15, 0.2) is 0 Å². The summed E-state index contributed by atoms with van der Waals surface area (Å²) in [5, 5.41) is 3.57. The van der Waals surface area contributed by atoms with Gasteiger partial charge in [0.1, 0.15) is 6.34 Å². The van der Waals surface area contributed by atoms with Gasteiger partial charge in [-0.3, -0.25) is 4.98 Å². The Kier molecular flexibility index (Phi) is 2.62. The molecule has 0 spiro atoms. The molecule has 2 N–H and O–H groups in total. The van der Waals surface area contributed by atoms with E-state index in [1.54, 1.807) is 12.5 Å². The Hall–Kier alpha value is -1.58. The van der Waals surface area contributed by atoms with Gasteiger partial charge in [0.2, 0.25) is 0 Å². The predicted octanol–water partition coefficient (Wildman–Crippen LogP) is 1.12. The molecule has 2 rings (SSSR count). The van der Waals surface area contributed by atoms with Crippen LogP contribution in [0.1, 0.15) is 24.4 Å². The molecule has 1 atom stereocenters. The van der Waals surface area contributed by atoms with Crippen molar-refractivity contribution in [2.45, 2.75) is 18.9 Å². The fraction of sp³-hybridized carbons (Fsp3) is 0.400. The summed E-state index contributed by atoms with van der Waals surface area (Å²) in [6, 6.07) is 4.46. The molecule has 0 radical (unpaired) electrons. The zero-order valence-corrected chi connectivity index (χ0v) is 8.00. The number of aromatic nitrogens is 1. The highest BCUT2D eigenvalue weighted by atomic mass is 15.3. The molecule has 1 aromatic rings. The Morgan fingerprint density at radius 3 is 3.29 bits per heavy atom. The number of hydrazone groups is 1. The van der Waals surface area contributed by atoms with Crippen LogP contribution in [0.2, 0.25) is 0 Å². The minimum atomic E-state index is 0.399. The Morgan fingerprint density at radius 2 is 2.57 bits per heavy atom. The van der Waals surface area contributed by atoms with E-state index >= 15 is 0 Å². The van der Waals surface area contributed by atoms with Crippen molar-refractivity contribution >= 4 is 6.34 Å². The molecule has 1 unspecified atom stereocenters. The minimum absolute atomic E-state index is 0.399. The maximum Gasteiger partial charge on any atom is 0.111 e. The third-order valence-corrected chi connectivity index (χ3v) is 2.58. The summed E-state index contributed by atoms with van der Waals surface area (Å²) in [6.07, 6.45) is 7.75. The number of hydrogen-bond donors (Lipinski definition) is 1. The van der Waals surface area contributed by atoms with Crippen LogP contribution in [0.4, 0.5) is 0 Å². The number of likely N-dealkylation sites (tertiary alicyclic amines) is 1. The SMILES string of the molecule is NN=CN1CCCC1c1cccnc1. The monoisotopic (exact) mass is 190 g/mol. The van der Waals surface area contributed by atoms with Crippen molar-refractivity contribution in [1.29, 1.82) is 0 Å². The second-order valence-electron chi connectivity index (χ2n) is 3.45. The molecule has 0 bridgehead atoms. The molecule has 4 heteroatoms. The van der Waals surface area contributed by atoms with Crippen LogP contribution in [0.15, 0.2) is 29.6 Å². The van der Waals surface area contributed by atoms with Crippen LogP contribution in [0.5, 0.6) is 0 Å². The zero-order valence-electron chi connectivity index (χ0n) is 8.00. The highest BCUT2D eigenvalue weighted by molar-refractivity contribution is 5.56. The van der Waals surface area contributed by atoms with E-state index in [9.17, 15) is 0 Å².